The average Bonchev–Trinajstić information content (AvgIpc) is 3.75. The number of nitrogens with one attached hydrogen (secondary N) is 2. The summed E-state index contributed by atoms with van der Waals surface area (Å²) in [6, 6.07) is 8.00. The number of halogens is 5. The number of rotatable bonds is 7. The first kappa shape index (κ1) is 30.9. The Balaban J connectivity index is 1.90. The maximum Gasteiger partial charge on any atom is 0.410 e. The number of fused-ring (bicyclic) bond motifs is 1. The van der Waals surface area contributed by atoms with Gasteiger partial charge in [0, 0.05) is 22.2 Å². The van der Waals surface area contributed by atoms with Gasteiger partial charge < -0.3 is 5.32 Å². The van der Waals surface area contributed by atoms with E-state index in [9.17, 15) is 40.4 Å². The lowest BCUT2D eigenvalue weighted by molar-refractivity contribution is -0.131. The van der Waals surface area contributed by atoms with Crippen LogP contribution in [0.4, 0.5) is 29.1 Å². The van der Waals surface area contributed by atoms with Crippen molar-refractivity contribution < 1.29 is 26.0 Å². The summed E-state index contributed by atoms with van der Waals surface area (Å²) in [6.07, 6.45) is -4.26. The van der Waals surface area contributed by atoms with E-state index in [0.29, 0.717) is 16.4 Å². The van der Waals surface area contributed by atoms with Gasteiger partial charge in [0.05, 0.1) is 16.9 Å². The molecule has 10 nitrogen and oxygen atoms in total. The highest BCUT2D eigenvalue weighted by Gasteiger charge is 2.49. The molecule has 0 bridgehead atoms. The lowest BCUT2D eigenvalue weighted by Crippen LogP contribution is -2.41. The molecule has 0 radical (unpaired) electrons. The van der Waals surface area contributed by atoms with Gasteiger partial charge in [-0.1, -0.05) is 12.1 Å². The summed E-state index contributed by atoms with van der Waals surface area (Å²) in [4.78, 5) is 41.2. The molecule has 228 valence electrons. The molecule has 1 saturated carbocycles. The summed E-state index contributed by atoms with van der Waals surface area (Å²) in [5.41, 5.74) is -3.60. The van der Waals surface area contributed by atoms with Crippen LogP contribution in [0.1, 0.15) is 35.3 Å². The first-order valence-electron chi connectivity index (χ1n) is 12.8. The van der Waals surface area contributed by atoms with E-state index in [-0.39, 0.29) is 33.7 Å². The molecular weight excluding hydrogens is 709 g/mol. The van der Waals surface area contributed by atoms with Crippen LogP contribution < -0.4 is 26.8 Å². The number of aryl methyl sites for hydroxylation is 1. The zero-order valence-electron chi connectivity index (χ0n) is 22.8. The van der Waals surface area contributed by atoms with Crippen LogP contribution >= 0.6 is 22.6 Å². The number of alkyl halides is 3. The highest BCUT2D eigenvalue weighted by atomic mass is 127. The van der Waals surface area contributed by atoms with Crippen LogP contribution in [0.2, 0.25) is 0 Å². The maximum absolute atomic E-state index is 14.9. The number of pyridine rings is 1. The van der Waals surface area contributed by atoms with Gasteiger partial charge in [-0.3, -0.25) is 23.3 Å². The van der Waals surface area contributed by atoms with Crippen LogP contribution in [-0.4, -0.2) is 35.3 Å². The molecule has 0 aliphatic heterocycles. The summed E-state index contributed by atoms with van der Waals surface area (Å²) < 4.78 is 87.2. The normalized spacial score (nSPS) is 14.7. The van der Waals surface area contributed by atoms with Crippen molar-refractivity contribution in [2.45, 2.75) is 37.2 Å². The molecule has 1 aliphatic rings. The van der Waals surface area contributed by atoms with Crippen molar-refractivity contribution in [2.24, 2.45) is 7.05 Å². The van der Waals surface area contributed by atoms with Gasteiger partial charge in [0.15, 0.2) is 5.25 Å². The number of sulfonamides is 1. The fraction of sp³-hybridized carbons (Fsp3) is 0.296. The molecule has 0 amide bonds. The third kappa shape index (κ3) is 5.39. The molecule has 5 rings (SSSR count). The average molecular weight is 733 g/mol. The Kier molecular flexibility index (Phi) is 7.83. The number of nitrogens with zero attached hydrogens (tertiary/aromatic N) is 3. The van der Waals surface area contributed by atoms with E-state index in [1.54, 1.807) is 10.8 Å². The summed E-state index contributed by atoms with van der Waals surface area (Å²) >= 11 is 1.91. The first-order valence-corrected chi connectivity index (χ1v) is 15.4. The molecule has 2 aromatic carbocycles. The molecule has 1 aliphatic carbocycles. The van der Waals surface area contributed by atoms with Crippen molar-refractivity contribution in [3.8, 4) is 5.69 Å². The van der Waals surface area contributed by atoms with E-state index in [1.165, 1.54) is 32.2 Å². The second-order valence-electron chi connectivity index (χ2n) is 10.1. The highest BCUT2D eigenvalue weighted by Crippen LogP contribution is 2.39. The zero-order chi connectivity index (χ0) is 31.6. The van der Waals surface area contributed by atoms with Crippen LogP contribution in [-0.2, 0) is 17.1 Å². The summed E-state index contributed by atoms with van der Waals surface area (Å²) in [6.45, 7) is 1.35. The Labute approximate surface area is 255 Å². The summed E-state index contributed by atoms with van der Waals surface area (Å²) in [7, 11) is -2.72. The Morgan fingerprint density at radius 2 is 1.72 bits per heavy atom. The molecule has 2 heterocycles. The number of benzene rings is 2. The lowest BCUT2D eigenvalue weighted by Gasteiger charge is -2.23. The van der Waals surface area contributed by atoms with Crippen LogP contribution in [0.25, 0.3) is 16.6 Å². The van der Waals surface area contributed by atoms with Crippen molar-refractivity contribution in [1.29, 1.82) is 0 Å². The smallest absolute Gasteiger partial charge is 0.338 e. The quantitative estimate of drug-likeness (QED) is 0.218. The molecule has 2 N–H and O–H groups in total. The zero-order valence-corrected chi connectivity index (χ0v) is 25.8. The van der Waals surface area contributed by atoms with Gasteiger partial charge in [-0.25, -0.2) is 22.3 Å². The van der Waals surface area contributed by atoms with E-state index >= 15 is 0 Å². The Hall–Kier alpha value is -3.51. The molecule has 2 aromatic heterocycles. The Bertz CT molecular complexity index is 2090. The fourth-order valence-corrected chi connectivity index (χ4v) is 6.61. The monoisotopic (exact) mass is 733 g/mol. The SMILES string of the molecule is CNS(=O)(=O)[C@@H](c1cccc(-n2c(=O)n(C3CC3)c(=O)c3c(Nc4ccc(I)cc4F)n(C)c(=O)c(C)c32)c1)C(F)(F)F. The first-order chi connectivity index (χ1) is 20.1. The van der Waals surface area contributed by atoms with Crippen molar-refractivity contribution >= 4 is 55.0 Å². The third-order valence-corrected chi connectivity index (χ3v) is 9.66. The summed E-state index contributed by atoms with van der Waals surface area (Å²) in [5.74, 6) is -0.818. The van der Waals surface area contributed by atoms with E-state index in [2.05, 4.69) is 5.32 Å². The molecule has 0 spiro atoms. The largest absolute Gasteiger partial charge is 0.410 e. The highest BCUT2D eigenvalue weighted by molar-refractivity contribution is 14.1. The molecule has 4 aromatic rings. The number of anilines is 2. The van der Waals surface area contributed by atoms with Gasteiger partial charge in [-0.05, 0) is 85.3 Å². The van der Waals surface area contributed by atoms with Gasteiger partial charge in [-0.15, -0.1) is 0 Å². The third-order valence-electron chi connectivity index (χ3n) is 7.26. The molecule has 1 atom stereocenters. The fourth-order valence-electron chi connectivity index (χ4n) is 5.06. The van der Waals surface area contributed by atoms with E-state index in [0.717, 1.165) is 38.9 Å². The van der Waals surface area contributed by atoms with Crippen LogP contribution in [0, 0.1) is 16.3 Å². The number of hydrogen-bond acceptors (Lipinski definition) is 6. The van der Waals surface area contributed by atoms with Gasteiger partial charge in [0.1, 0.15) is 17.0 Å². The topological polar surface area (TPSA) is 124 Å². The van der Waals surface area contributed by atoms with E-state index in [4.69, 9.17) is 0 Å². The minimum absolute atomic E-state index is 0.0667. The molecule has 43 heavy (non-hydrogen) atoms. The van der Waals surface area contributed by atoms with Crippen molar-refractivity contribution in [3.63, 3.8) is 0 Å². The van der Waals surface area contributed by atoms with Gasteiger partial charge in [0.25, 0.3) is 11.1 Å². The second-order valence-corrected chi connectivity index (χ2v) is 13.3. The Morgan fingerprint density at radius 3 is 2.30 bits per heavy atom. The molecular formula is C27H24F4IN5O5S. The Morgan fingerprint density at radius 1 is 1.05 bits per heavy atom. The van der Waals surface area contributed by atoms with Gasteiger partial charge in [-0.2, -0.15) is 13.2 Å². The van der Waals surface area contributed by atoms with Gasteiger partial charge >= 0.3 is 11.9 Å². The molecule has 1 fully saturated rings. The predicted molar refractivity (Wildman–Crippen MR) is 161 cm³/mol. The molecule has 16 heteroatoms. The van der Waals surface area contributed by atoms with Crippen LogP contribution in [0.15, 0.2) is 56.8 Å². The number of hydrogen-bond donors (Lipinski definition) is 2. The predicted octanol–water partition coefficient (Wildman–Crippen LogP) is 4.13. The van der Waals surface area contributed by atoms with E-state index in [1.807, 2.05) is 22.6 Å². The maximum atomic E-state index is 14.9. The molecule has 0 unspecified atom stereocenters. The minimum atomic E-state index is -5.22. The number of aromatic nitrogens is 3. The second kappa shape index (κ2) is 10.9. The van der Waals surface area contributed by atoms with Crippen LogP contribution in [0.3, 0.4) is 0 Å². The molecule has 0 saturated heterocycles. The lowest BCUT2D eigenvalue weighted by atomic mass is 10.1. The standard InChI is InChI=1S/C27H24F4IN5O5S/c1-13-21-20(23(35(3)24(13)38)34-19-10-7-15(32)12-18(19)28)25(39)37(16-8-9-16)26(40)36(21)17-6-4-5-14(11-17)22(27(29,30)31)43(41,42)33-2/h4-7,10-12,16,22,33-34H,8-9H2,1-3H3/t22-/m0/s1. The van der Waals surface area contributed by atoms with Crippen molar-refractivity contribution in [1.82, 2.24) is 18.4 Å². The van der Waals surface area contributed by atoms with Gasteiger partial charge in [0.2, 0.25) is 10.0 Å². The van der Waals surface area contributed by atoms with E-state index < -0.39 is 55.7 Å². The van der Waals surface area contributed by atoms with Crippen molar-refractivity contribution in [2.75, 3.05) is 12.4 Å². The summed E-state index contributed by atoms with van der Waals surface area (Å²) in [5, 5.41) is -0.351. The minimum Gasteiger partial charge on any atom is -0.338 e. The van der Waals surface area contributed by atoms with Crippen molar-refractivity contribution in [3.05, 3.63) is 94.2 Å². The van der Waals surface area contributed by atoms with Crippen LogP contribution in [0.5, 0.6) is 0 Å².